The lowest BCUT2D eigenvalue weighted by Gasteiger charge is -2.24. The number of hydrogen-bond donors (Lipinski definition) is 1. The number of benzene rings is 1. The van der Waals surface area contributed by atoms with E-state index in [1.54, 1.807) is 6.20 Å². The van der Waals surface area contributed by atoms with Gasteiger partial charge in [0.05, 0.1) is 13.2 Å². The van der Waals surface area contributed by atoms with E-state index < -0.39 is 0 Å². The molecule has 1 aromatic heterocycles. The minimum Gasteiger partial charge on any atom is -0.473 e. The molecule has 2 aromatic rings. The number of pyridine rings is 1. The zero-order chi connectivity index (χ0) is 19.6. The topological polar surface area (TPSA) is 59.0 Å². The molecule has 0 bridgehead atoms. The van der Waals surface area contributed by atoms with Crippen LogP contribution >= 0.6 is 0 Å². The summed E-state index contributed by atoms with van der Waals surface area (Å²) in [7, 11) is 2.08. The largest absolute Gasteiger partial charge is 0.473 e. The van der Waals surface area contributed by atoms with E-state index in [2.05, 4.69) is 29.2 Å². The van der Waals surface area contributed by atoms with Gasteiger partial charge in [-0.15, -0.1) is 0 Å². The first-order valence-corrected chi connectivity index (χ1v) is 9.93. The second-order valence-corrected chi connectivity index (χ2v) is 7.06. The van der Waals surface area contributed by atoms with Crippen LogP contribution in [0.3, 0.4) is 0 Å². The van der Waals surface area contributed by atoms with Crippen molar-refractivity contribution in [3.05, 3.63) is 59.8 Å². The van der Waals surface area contributed by atoms with E-state index in [1.165, 1.54) is 0 Å². The maximum absolute atomic E-state index is 5.82. The molecule has 6 heteroatoms. The number of aliphatic imine (C=N–C) groups is 1. The lowest BCUT2D eigenvalue weighted by molar-refractivity contribution is 0.181. The first kappa shape index (κ1) is 20.1. The van der Waals surface area contributed by atoms with E-state index in [1.807, 2.05) is 42.5 Å². The SMILES string of the molecule is CCNC(=NCc1ccnc(OCc2ccccc2)c1)N(C)CC1CCOC1. The van der Waals surface area contributed by atoms with Gasteiger partial charge in [0.2, 0.25) is 5.88 Å². The maximum Gasteiger partial charge on any atom is 0.213 e. The Morgan fingerprint density at radius 1 is 1.29 bits per heavy atom. The van der Waals surface area contributed by atoms with E-state index >= 15 is 0 Å². The third-order valence-electron chi connectivity index (χ3n) is 4.69. The number of ether oxygens (including phenoxy) is 2. The van der Waals surface area contributed by atoms with Gasteiger partial charge in [-0.25, -0.2) is 9.98 Å². The number of aromatic nitrogens is 1. The highest BCUT2D eigenvalue weighted by Crippen LogP contribution is 2.15. The van der Waals surface area contributed by atoms with Crippen molar-refractivity contribution in [3.63, 3.8) is 0 Å². The summed E-state index contributed by atoms with van der Waals surface area (Å²) >= 11 is 0. The molecule has 1 unspecified atom stereocenters. The Bertz CT molecular complexity index is 745. The standard InChI is InChI=1S/C22H30N4O2/c1-3-23-22(26(2)15-20-10-12-27-16-20)25-14-19-9-11-24-21(13-19)28-17-18-7-5-4-6-8-18/h4-9,11,13,20H,3,10,12,14-17H2,1-2H3,(H,23,25). The summed E-state index contributed by atoms with van der Waals surface area (Å²) in [5.74, 6) is 2.11. The minimum absolute atomic E-state index is 0.509. The molecule has 1 fully saturated rings. The predicted octanol–water partition coefficient (Wildman–Crippen LogP) is 3.09. The van der Waals surface area contributed by atoms with E-state index in [-0.39, 0.29) is 0 Å². The molecule has 3 rings (SSSR count). The van der Waals surface area contributed by atoms with Crippen LogP contribution in [0.4, 0.5) is 0 Å². The smallest absolute Gasteiger partial charge is 0.213 e. The monoisotopic (exact) mass is 382 g/mol. The number of nitrogens with zero attached hydrogens (tertiary/aromatic N) is 3. The Morgan fingerprint density at radius 2 is 2.14 bits per heavy atom. The molecule has 0 spiro atoms. The van der Waals surface area contributed by atoms with Crippen LogP contribution in [-0.2, 0) is 17.9 Å². The van der Waals surface area contributed by atoms with Crippen LogP contribution < -0.4 is 10.1 Å². The van der Waals surface area contributed by atoms with Crippen molar-refractivity contribution in [1.82, 2.24) is 15.2 Å². The summed E-state index contributed by atoms with van der Waals surface area (Å²) < 4.78 is 11.3. The number of hydrogen-bond acceptors (Lipinski definition) is 4. The predicted molar refractivity (Wildman–Crippen MR) is 111 cm³/mol. The molecule has 1 aliphatic heterocycles. The van der Waals surface area contributed by atoms with Crippen molar-refractivity contribution >= 4 is 5.96 Å². The van der Waals surface area contributed by atoms with Crippen molar-refractivity contribution in [3.8, 4) is 5.88 Å². The van der Waals surface area contributed by atoms with Gasteiger partial charge in [-0.2, -0.15) is 0 Å². The molecule has 2 heterocycles. The second kappa shape index (κ2) is 10.7. The Kier molecular flexibility index (Phi) is 7.67. The fraction of sp³-hybridized carbons (Fsp3) is 0.455. The first-order chi connectivity index (χ1) is 13.7. The van der Waals surface area contributed by atoms with Gasteiger partial charge in [-0.3, -0.25) is 0 Å². The van der Waals surface area contributed by atoms with Crippen LogP contribution in [0.1, 0.15) is 24.5 Å². The highest BCUT2D eigenvalue weighted by molar-refractivity contribution is 5.79. The van der Waals surface area contributed by atoms with Crippen LogP contribution in [0.5, 0.6) is 5.88 Å². The van der Waals surface area contributed by atoms with Crippen molar-refractivity contribution in [2.45, 2.75) is 26.5 Å². The highest BCUT2D eigenvalue weighted by Gasteiger charge is 2.19. The van der Waals surface area contributed by atoms with Gasteiger partial charge < -0.3 is 19.7 Å². The van der Waals surface area contributed by atoms with Gasteiger partial charge >= 0.3 is 0 Å². The summed E-state index contributed by atoms with van der Waals surface area (Å²) in [6, 6.07) is 14.0. The Labute approximate surface area is 167 Å². The van der Waals surface area contributed by atoms with Gasteiger partial charge in [0.15, 0.2) is 5.96 Å². The summed E-state index contributed by atoms with van der Waals surface area (Å²) in [5, 5.41) is 3.38. The van der Waals surface area contributed by atoms with Crippen LogP contribution in [0.25, 0.3) is 0 Å². The minimum atomic E-state index is 0.509. The molecule has 1 aliphatic rings. The lowest BCUT2D eigenvalue weighted by atomic mass is 10.1. The molecule has 1 N–H and O–H groups in total. The van der Waals surface area contributed by atoms with Crippen LogP contribution in [0, 0.1) is 5.92 Å². The van der Waals surface area contributed by atoms with E-state index in [0.717, 1.165) is 49.8 Å². The molecular formula is C22H30N4O2. The molecule has 0 radical (unpaired) electrons. The van der Waals surface area contributed by atoms with Crippen LogP contribution in [0.2, 0.25) is 0 Å². The normalized spacial score (nSPS) is 16.8. The van der Waals surface area contributed by atoms with Crippen molar-refractivity contribution in [1.29, 1.82) is 0 Å². The average Bonchev–Trinajstić information content (AvgIpc) is 3.23. The third kappa shape index (κ3) is 6.23. The van der Waals surface area contributed by atoms with Gasteiger partial charge in [0.25, 0.3) is 0 Å². The molecule has 1 atom stereocenters. The molecule has 28 heavy (non-hydrogen) atoms. The van der Waals surface area contributed by atoms with E-state index in [0.29, 0.717) is 24.9 Å². The second-order valence-electron chi connectivity index (χ2n) is 7.06. The average molecular weight is 383 g/mol. The van der Waals surface area contributed by atoms with Crippen LogP contribution in [-0.4, -0.2) is 49.2 Å². The Balaban J connectivity index is 1.58. The maximum atomic E-state index is 5.82. The molecule has 0 saturated carbocycles. The molecule has 0 aliphatic carbocycles. The highest BCUT2D eigenvalue weighted by atomic mass is 16.5. The number of guanidine groups is 1. The van der Waals surface area contributed by atoms with Gasteiger partial charge in [0.1, 0.15) is 6.61 Å². The molecule has 0 amide bonds. The number of nitrogens with one attached hydrogen (secondary N) is 1. The Morgan fingerprint density at radius 3 is 2.89 bits per heavy atom. The van der Waals surface area contributed by atoms with Crippen molar-refractivity contribution < 1.29 is 9.47 Å². The van der Waals surface area contributed by atoms with Gasteiger partial charge in [-0.05, 0) is 30.5 Å². The quantitative estimate of drug-likeness (QED) is 0.562. The lowest BCUT2D eigenvalue weighted by Crippen LogP contribution is -2.41. The first-order valence-electron chi connectivity index (χ1n) is 9.93. The molecule has 150 valence electrons. The molecule has 6 nitrogen and oxygen atoms in total. The fourth-order valence-electron chi connectivity index (χ4n) is 3.20. The summed E-state index contributed by atoms with van der Waals surface area (Å²) in [6.45, 7) is 6.68. The summed E-state index contributed by atoms with van der Waals surface area (Å²) in [6.07, 6.45) is 2.90. The molecule has 1 saturated heterocycles. The van der Waals surface area contributed by atoms with Crippen LogP contribution in [0.15, 0.2) is 53.7 Å². The zero-order valence-electron chi connectivity index (χ0n) is 16.8. The number of rotatable bonds is 8. The zero-order valence-corrected chi connectivity index (χ0v) is 16.8. The molecular weight excluding hydrogens is 352 g/mol. The van der Waals surface area contributed by atoms with Gasteiger partial charge in [-0.1, -0.05) is 30.3 Å². The van der Waals surface area contributed by atoms with Gasteiger partial charge in [0, 0.05) is 44.9 Å². The summed E-state index contributed by atoms with van der Waals surface area (Å²) in [5.41, 5.74) is 2.20. The van der Waals surface area contributed by atoms with E-state index in [9.17, 15) is 0 Å². The molecule has 1 aromatic carbocycles. The van der Waals surface area contributed by atoms with E-state index in [4.69, 9.17) is 14.5 Å². The van der Waals surface area contributed by atoms with Crippen molar-refractivity contribution in [2.24, 2.45) is 10.9 Å². The fourth-order valence-corrected chi connectivity index (χ4v) is 3.20. The summed E-state index contributed by atoms with van der Waals surface area (Å²) in [4.78, 5) is 11.3. The van der Waals surface area contributed by atoms with Crippen molar-refractivity contribution in [2.75, 3.05) is 33.4 Å². The Hall–Kier alpha value is -2.60. The third-order valence-corrected chi connectivity index (χ3v) is 4.69.